The van der Waals surface area contributed by atoms with E-state index in [1.165, 1.54) is 32.1 Å². The van der Waals surface area contributed by atoms with Crippen LogP contribution in [0.2, 0.25) is 0 Å². The molecular formula is C24H27BrN2O2. The van der Waals surface area contributed by atoms with Crippen molar-refractivity contribution in [3.05, 3.63) is 58.6 Å². The van der Waals surface area contributed by atoms with Gasteiger partial charge in [0.2, 0.25) is 5.88 Å². The van der Waals surface area contributed by atoms with Crippen LogP contribution in [-0.4, -0.2) is 11.6 Å². The van der Waals surface area contributed by atoms with Gasteiger partial charge in [0.05, 0.1) is 16.6 Å². The molecule has 29 heavy (non-hydrogen) atoms. The Bertz CT molecular complexity index is 984. The fourth-order valence-electron chi connectivity index (χ4n) is 3.81. The third kappa shape index (κ3) is 5.09. The van der Waals surface area contributed by atoms with Crippen LogP contribution in [0.4, 0.5) is 0 Å². The summed E-state index contributed by atoms with van der Waals surface area (Å²) in [6.07, 6.45) is 6.57. The highest BCUT2D eigenvalue weighted by Gasteiger charge is 2.15. The molecule has 2 aromatic carbocycles. The Morgan fingerprint density at radius 3 is 2.66 bits per heavy atom. The summed E-state index contributed by atoms with van der Waals surface area (Å²) >= 11 is 3.61. The molecular weight excluding hydrogens is 428 g/mol. The second-order valence-corrected chi connectivity index (χ2v) is 8.75. The maximum atomic E-state index is 6.04. The molecule has 1 saturated carbocycles. The molecule has 0 saturated heterocycles. The maximum Gasteiger partial charge on any atom is 0.219 e. The third-order valence-corrected chi connectivity index (χ3v) is 6.16. The standard InChI is InChI=1S/C24H27BrN2O2/c1-16(26)18-7-10-22-19(13-18)8-12-24(27-22)29-20-9-11-23(21(25)14-20)28-15-17-5-3-2-4-6-17/h7-14,16-17H,2-6,15,26H2,1H3. The average molecular weight is 455 g/mol. The fraction of sp³-hybridized carbons (Fsp3) is 0.375. The summed E-state index contributed by atoms with van der Waals surface area (Å²) in [5.41, 5.74) is 7.95. The summed E-state index contributed by atoms with van der Waals surface area (Å²) in [6, 6.07) is 15.8. The highest BCUT2D eigenvalue weighted by atomic mass is 79.9. The summed E-state index contributed by atoms with van der Waals surface area (Å²) in [4.78, 5) is 4.61. The van der Waals surface area contributed by atoms with Crippen LogP contribution in [0.1, 0.15) is 50.6 Å². The second-order valence-electron chi connectivity index (χ2n) is 7.90. The van der Waals surface area contributed by atoms with Crippen LogP contribution < -0.4 is 15.2 Å². The minimum absolute atomic E-state index is 0.00604. The maximum absolute atomic E-state index is 6.04. The lowest BCUT2D eigenvalue weighted by Gasteiger charge is -2.22. The van der Waals surface area contributed by atoms with Crippen molar-refractivity contribution in [2.75, 3.05) is 6.61 Å². The van der Waals surface area contributed by atoms with E-state index in [0.717, 1.165) is 39.0 Å². The molecule has 0 amide bonds. The molecule has 0 radical (unpaired) electrons. The van der Waals surface area contributed by atoms with Crippen LogP contribution in [0.25, 0.3) is 10.9 Å². The van der Waals surface area contributed by atoms with Crippen molar-refractivity contribution in [3.8, 4) is 17.4 Å². The van der Waals surface area contributed by atoms with E-state index in [1.807, 2.05) is 49.4 Å². The van der Waals surface area contributed by atoms with Crippen LogP contribution in [-0.2, 0) is 0 Å². The predicted octanol–water partition coefficient (Wildman–Crippen LogP) is 6.77. The number of nitrogens with zero attached hydrogens (tertiary/aromatic N) is 1. The molecule has 152 valence electrons. The molecule has 1 fully saturated rings. The molecule has 1 aliphatic carbocycles. The van der Waals surface area contributed by atoms with Gasteiger partial charge >= 0.3 is 0 Å². The minimum Gasteiger partial charge on any atom is -0.492 e. The van der Waals surface area contributed by atoms with Gasteiger partial charge in [0, 0.05) is 17.5 Å². The summed E-state index contributed by atoms with van der Waals surface area (Å²) in [5, 5.41) is 1.06. The van der Waals surface area contributed by atoms with Gasteiger partial charge in [-0.2, -0.15) is 0 Å². The zero-order valence-electron chi connectivity index (χ0n) is 16.7. The van der Waals surface area contributed by atoms with Gasteiger partial charge in [-0.15, -0.1) is 0 Å². The van der Waals surface area contributed by atoms with Crippen molar-refractivity contribution < 1.29 is 9.47 Å². The van der Waals surface area contributed by atoms with Crippen LogP contribution in [0.5, 0.6) is 17.4 Å². The molecule has 0 bridgehead atoms. The van der Waals surface area contributed by atoms with Gasteiger partial charge in [-0.1, -0.05) is 25.3 Å². The normalized spacial score (nSPS) is 16.0. The third-order valence-electron chi connectivity index (χ3n) is 5.54. The lowest BCUT2D eigenvalue weighted by molar-refractivity contribution is 0.208. The van der Waals surface area contributed by atoms with Gasteiger partial charge in [-0.3, -0.25) is 0 Å². The van der Waals surface area contributed by atoms with Gasteiger partial charge in [-0.25, -0.2) is 4.98 Å². The largest absolute Gasteiger partial charge is 0.492 e. The van der Waals surface area contributed by atoms with Gasteiger partial charge in [0.1, 0.15) is 11.5 Å². The zero-order chi connectivity index (χ0) is 20.2. The van der Waals surface area contributed by atoms with Crippen LogP contribution in [0, 0.1) is 5.92 Å². The van der Waals surface area contributed by atoms with E-state index in [1.54, 1.807) is 0 Å². The molecule has 2 N–H and O–H groups in total. The molecule has 0 aliphatic heterocycles. The Kier molecular flexibility index (Phi) is 6.36. The SMILES string of the molecule is CC(N)c1ccc2nc(Oc3ccc(OCC4CCCCC4)c(Br)c3)ccc2c1. The number of halogens is 1. The van der Waals surface area contributed by atoms with E-state index in [-0.39, 0.29) is 6.04 Å². The predicted molar refractivity (Wildman–Crippen MR) is 121 cm³/mol. The van der Waals surface area contributed by atoms with Crippen molar-refractivity contribution >= 4 is 26.8 Å². The summed E-state index contributed by atoms with van der Waals surface area (Å²) in [5.74, 6) is 2.82. The van der Waals surface area contributed by atoms with Crippen molar-refractivity contribution in [1.82, 2.24) is 4.98 Å². The number of benzene rings is 2. The van der Waals surface area contributed by atoms with Gasteiger partial charge in [0.15, 0.2) is 0 Å². The molecule has 4 nitrogen and oxygen atoms in total. The molecule has 1 unspecified atom stereocenters. The first-order valence-electron chi connectivity index (χ1n) is 10.3. The van der Waals surface area contributed by atoms with Gasteiger partial charge < -0.3 is 15.2 Å². The molecule has 3 aromatic rings. The zero-order valence-corrected chi connectivity index (χ0v) is 18.3. The molecule has 1 aromatic heterocycles. The van der Waals surface area contributed by atoms with Crippen LogP contribution >= 0.6 is 15.9 Å². The lowest BCUT2D eigenvalue weighted by atomic mass is 9.90. The highest BCUT2D eigenvalue weighted by Crippen LogP contribution is 2.33. The monoisotopic (exact) mass is 454 g/mol. The first-order valence-corrected chi connectivity index (χ1v) is 11.1. The van der Waals surface area contributed by atoms with Crippen LogP contribution in [0.15, 0.2) is 53.0 Å². The van der Waals surface area contributed by atoms with E-state index >= 15 is 0 Å². The number of pyridine rings is 1. The van der Waals surface area contributed by atoms with Crippen molar-refractivity contribution in [2.24, 2.45) is 11.7 Å². The Morgan fingerprint density at radius 2 is 1.90 bits per heavy atom. The van der Waals surface area contributed by atoms with E-state index in [0.29, 0.717) is 11.8 Å². The quantitative estimate of drug-likeness (QED) is 0.446. The van der Waals surface area contributed by atoms with E-state index in [2.05, 4.69) is 27.0 Å². The number of aromatic nitrogens is 1. The van der Waals surface area contributed by atoms with E-state index in [4.69, 9.17) is 15.2 Å². The molecule has 1 heterocycles. The first kappa shape index (κ1) is 20.2. The summed E-state index contributed by atoms with van der Waals surface area (Å²) < 4.78 is 12.9. The minimum atomic E-state index is 0.00604. The van der Waals surface area contributed by atoms with E-state index < -0.39 is 0 Å². The Labute approximate surface area is 180 Å². The Balaban J connectivity index is 1.43. The Morgan fingerprint density at radius 1 is 1.07 bits per heavy atom. The van der Waals surface area contributed by atoms with Crippen LogP contribution in [0.3, 0.4) is 0 Å². The number of fused-ring (bicyclic) bond motifs is 1. The van der Waals surface area contributed by atoms with E-state index in [9.17, 15) is 0 Å². The van der Waals surface area contributed by atoms with Crippen molar-refractivity contribution in [1.29, 1.82) is 0 Å². The van der Waals surface area contributed by atoms with Crippen molar-refractivity contribution in [2.45, 2.75) is 45.1 Å². The van der Waals surface area contributed by atoms with Gasteiger partial charge in [0.25, 0.3) is 0 Å². The lowest BCUT2D eigenvalue weighted by Crippen LogP contribution is -2.15. The molecule has 0 spiro atoms. The van der Waals surface area contributed by atoms with Crippen molar-refractivity contribution in [3.63, 3.8) is 0 Å². The molecule has 4 rings (SSSR count). The molecule has 5 heteroatoms. The molecule has 1 aliphatic rings. The number of hydrogen-bond acceptors (Lipinski definition) is 4. The number of hydrogen-bond donors (Lipinski definition) is 1. The summed E-state index contributed by atoms with van der Waals surface area (Å²) in [7, 11) is 0. The highest BCUT2D eigenvalue weighted by molar-refractivity contribution is 9.10. The number of rotatable bonds is 6. The topological polar surface area (TPSA) is 57.4 Å². The second kappa shape index (κ2) is 9.14. The summed E-state index contributed by atoms with van der Waals surface area (Å²) in [6.45, 7) is 2.76. The smallest absolute Gasteiger partial charge is 0.219 e. The average Bonchev–Trinajstić information content (AvgIpc) is 2.73. The number of nitrogens with two attached hydrogens (primary N) is 1. The number of ether oxygens (including phenoxy) is 2. The first-order chi connectivity index (χ1) is 14.1. The fourth-order valence-corrected chi connectivity index (χ4v) is 4.28. The van der Waals surface area contributed by atoms with Gasteiger partial charge in [-0.05, 0) is 83.6 Å². The Hall–Kier alpha value is -2.11. The molecule has 1 atom stereocenters.